The summed E-state index contributed by atoms with van der Waals surface area (Å²) >= 11 is 0. The van der Waals surface area contributed by atoms with Crippen LogP contribution in [0.3, 0.4) is 0 Å². The summed E-state index contributed by atoms with van der Waals surface area (Å²) in [4.78, 5) is 7.00. The van der Waals surface area contributed by atoms with Gasteiger partial charge in [0.15, 0.2) is 23.8 Å². The van der Waals surface area contributed by atoms with E-state index in [4.69, 9.17) is 6.72 Å². The van der Waals surface area contributed by atoms with E-state index in [2.05, 4.69) is 219 Å². The molecule has 21 rings (SSSR count). The number of anilines is 8. The van der Waals surface area contributed by atoms with E-state index in [1.165, 1.54) is 152 Å². The van der Waals surface area contributed by atoms with Crippen molar-refractivity contribution in [3.63, 3.8) is 0 Å². The Morgan fingerprint density at radius 2 is 0.762 bits per heavy atom. The third-order valence-electron chi connectivity index (χ3n) is 20.2. The van der Waals surface area contributed by atoms with E-state index in [-0.39, 0.29) is 74.1 Å². The van der Waals surface area contributed by atoms with Crippen molar-refractivity contribution in [2.45, 2.75) is 221 Å². The van der Waals surface area contributed by atoms with Gasteiger partial charge in [-0.15, -0.1) is 12.9 Å². The van der Waals surface area contributed by atoms with Crippen LogP contribution in [0, 0.1) is 75.3 Å². The molecule has 2 spiro atoms. The van der Waals surface area contributed by atoms with Gasteiger partial charge in [0.25, 0.3) is 0 Å². The van der Waals surface area contributed by atoms with Crippen LogP contribution in [-0.2, 0) is 43.2 Å². The minimum Gasteiger partial charge on any atom is -0.595 e. The molecule has 10 heteroatoms. The normalized spacial score (nSPS) is 17.0. The number of benzene rings is 8. The zero-order valence-electron chi connectivity index (χ0n) is 67.9. The van der Waals surface area contributed by atoms with Crippen LogP contribution in [-0.4, -0.2) is 13.1 Å². The maximum Gasteiger partial charge on any atom is 2.00 e. The first-order valence-corrected chi connectivity index (χ1v) is 39.9. The fourth-order valence-corrected chi connectivity index (χ4v) is 17.6. The quantitative estimate of drug-likeness (QED) is 0.0749. The van der Waals surface area contributed by atoms with Crippen LogP contribution >= 0.6 is 0 Å². The van der Waals surface area contributed by atoms with Gasteiger partial charge in [0, 0.05) is 88.3 Å². The second kappa shape index (κ2) is 38.5. The van der Waals surface area contributed by atoms with Gasteiger partial charge in [0.05, 0.1) is 34.6 Å². The summed E-state index contributed by atoms with van der Waals surface area (Å²) in [7, 11) is 0. The first-order valence-electron chi connectivity index (χ1n) is 39.9. The number of hydrogen-bond acceptors (Lipinski definition) is 4. The van der Waals surface area contributed by atoms with Gasteiger partial charge in [-0.2, -0.15) is 0 Å². The van der Waals surface area contributed by atoms with Gasteiger partial charge in [0.2, 0.25) is 0 Å². The van der Waals surface area contributed by atoms with E-state index in [0.29, 0.717) is 0 Å². The topological polar surface area (TPSA) is 55.4 Å². The predicted octanol–water partition coefficient (Wildman–Crippen LogP) is 25.0. The Labute approximate surface area is 682 Å². The molecule has 0 amide bonds. The number of fused-ring (bicyclic) bond motifs is 9. The molecule has 105 heavy (non-hydrogen) atoms. The third-order valence-corrected chi connectivity index (χ3v) is 20.2. The molecule has 4 unspecified atom stereocenters. The SMILES string of the molecule is CC.CC.CC.CC.CC.CC.CC.CC.CC.CC.CC.CC.[CH-]=NN1[CH-]C23c4c1cccc4N1c4ccccc4Cc4ccc(c2c41)C1c2ccccc2Cc2ccc[n+]3c21.[N-]=CN1[CH-]C23c4c1cccc4N1c4ccccc4Cc4cc5c(c2c41)C1c2c(cccc2Cc2ccc[n+]3c21)C5.[U+2].[U+2]. The minimum atomic E-state index is -0.535. The fourth-order valence-electron chi connectivity index (χ4n) is 17.6. The first kappa shape index (κ1) is 86.6. The summed E-state index contributed by atoms with van der Waals surface area (Å²) in [5.74, 6) is 0.390. The molecule has 8 aliphatic heterocycles. The summed E-state index contributed by atoms with van der Waals surface area (Å²) in [6.45, 7) is 58.6. The molecular formula is C95H118N8U2+2. The van der Waals surface area contributed by atoms with Crippen molar-refractivity contribution in [3.8, 4) is 0 Å². The van der Waals surface area contributed by atoms with Crippen LogP contribution in [0.1, 0.15) is 290 Å². The summed E-state index contributed by atoms with van der Waals surface area (Å²) < 4.78 is 5.13. The molecule has 0 bridgehead atoms. The number of hydrazone groups is 1. The molecule has 0 saturated carbocycles. The zero-order chi connectivity index (χ0) is 75.4. The molecule has 4 atom stereocenters. The van der Waals surface area contributed by atoms with Crippen molar-refractivity contribution in [1.29, 1.82) is 0 Å². The molecule has 8 nitrogen and oxygen atoms in total. The molecule has 0 N–H and O–H groups in total. The third kappa shape index (κ3) is 13.0. The van der Waals surface area contributed by atoms with Gasteiger partial charge in [-0.3, -0.25) is 6.54 Å². The van der Waals surface area contributed by atoms with Crippen LogP contribution < -0.4 is 28.8 Å². The Kier molecular flexibility index (Phi) is 31.8. The largest absolute Gasteiger partial charge is 2.00 e. The Morgan fingerprint density at radius 3 is 1.30 bits per heavy atom. The Hall–Kier alpha value is -7.30. The second-order valence-corrected chi connectivity index (χ2v) is 23.4. The van der Waals surface area contributed by atoms with Gasteiger partial charge < -0.3 is 36.9 Å². The van der Waals surface area contributed by atoms with Gasteiger partial charge in [0.1, 0.15) is 11.1 Å². The van der Waals surface area contributed by atoms with Crippen molar-refractivity contribution >= 4 is 58.6 Å². The maximum absolute atomic E-state index is 10.6. The van der Waals surface area contributed by atoms with E-state index in [1.54, 1.807) is 0 Å². The molecule has 8 aromatic carbocycles. The van der Waals surface area contributed by atoms with Crippen molar-refractivity contribution < 1.29 is 71.4 Å². The monoisotopic (exact) mass is 1850 g/mol. The van der Waals surface area contributed by atoms with Crippen LogP contribution in [0.2, 0.25) is 0 Å². The molecule has 10 aromatic rings. The fraction of sp³-hybridized carbons (Fsp3) is 0.347. The zero-order valence-corrected chi connectivity index (χ0v) is 76.2. The second-order valence-electron chi connectivity index (χ2n) is 23.4. The molecule has 11 aliphatic rings. The van der Waals surface area contributed by atoms with E-state index in [0.717, 1.165) is 43.5 Å². The molecule has 0 saturated heterocycles. The first-order chi connectivity index (χ1) is 51.1. The van der Waals surface area contributed by atoms with Crippen molar-refractivity contribution in [3.05, 3.63) is 312 Å². The van der Waals surface area contributed by atoms with E-state index >= 15 is 0 Å². The molecule has 0 fully saturated rings. The summed E-state index contributed by atoms with van der Waals surface area (Å²) in [5.41, 5.74) is 36.6. The summed E-state index contributed by atoms with van der Waals surface area (Å²) in [6, 6.07) is 63.3. The van der Waals surface area contributed by atoms with Gasteiger partial charge in [-0.25, -0.2) is 9.13 Å². The smallest absolute Gasteiger partial charge is 0.595 e. The Balaban J connectivity index is 0.000000253. The molecule has 0 radical (unpaired) electrons. The Morgan fingerprint density at radius 1 is 0.362 bits per heavy atom. The number of nitrogens with zero attached hydrogens (tertiary/aromatic N) is 8. The van der Waals surface area contributed by atoms with E-state index in [1.807, 2.05) is 176 Å². The van der Waals surface area contributed by atoms with Crippen molar-refractivity contribution in [1.82, 2.24) is 0 Å². The molecule has 10 heterocycles. The van der Waals surface area contributed by atoms with Crippen molar-refractivity contribution in [2.24, 2.45) is 5.10 Å². The number of para-hydroxylation sites is 2. The van der Waals surface area contributed by atoms with Crippen LogP contribution in [0.15, 0.2) is 187 Å². The number of aromatic nitrogens is 2. The number of rotatable bonds is 2. The van der Waals surface area contributed by atoms with E-state index < -0.39 is 11.1 Å². The maximum atomic E-state index is 10.6. The van der Waals surface area contributed by atoms with Gasteiger partial charge in [-0.05, 0) is 116 Å². The van der Waals surface area contributed by atoms with E-state index in [9.17, 15) is 5.41 Å². The average molecular weight is 1850 g/mol. The summed E-state index contributed by atoms with van der Waals surface area (Å²) in [5, 5.41) is 16.8. The standard InChI is InChI=1S/C36H23N4.C35H23N4.12C2H6.2U/c37-19-38-18-36-32-27(38)11-4-12-28(32)40-26-10-2-1-6-20(26)14-25-17-24-16-22-8-3-7-21-15-23-9-5-13-39(36)34(23)31(29(21)22)30(24)33(36)35(25)40;1-36-38-20-35-31-26(30-25-11-4-2-8-21(25)18-23-10-7-17-37(35)33(23)30)16-15-24-19-22-9-3-5-12-27(22)39(34(24)31)29-14-6-13-28(38)32(29)35;12*1-2;;/h1-13,17-19,31H,14-16H2;1-17,20,30H,18-19H2;12*1-2H3;;/q2*-1;;;;;;;;;;;;;2*+2. The van der Waals surface area contributed by atoms with Crippen LogP contribution in [0.25, 0.3) is 5.41 Å². The number of pyridine rings is 2. The number of hydrogen-bond donors (Lipinski definition) is 0. The predicted molar refractivity (Wildman–Crippen MR) is 444 cm³/mol. The molecule has 2 aromatic heterocycles. The van der Waals surface area contributed by atoms with Crippen LogP contribution in [0.5, 0.6) is 0 Å². The molecule has 544 valence electrons. The minimum absolute atomic E-state index is 0. The summed E-state index contributed by atoms with van der Waals surface area (Å²) in [6.07, 6.45) is 10.6. The van der Waals surface area contributed by atoms with Crippen molar-refractivity contribution in [2.75, 3.05) is 19.7 Å². The average Bonchev–Trinajstić information content (AvgIpc) is 1.64. The van der Waals surface area contributed by atoms with Gasteiger partial charge >= 0.3 is 62.2 Å². The van der Waals surface area contributed by atoms with Gasteiger partial charge in [-0.1, -0.05) is 287 Å². The Bertz CT molecular complexity index is 4630. The van der Waals surface area contributed by atoms with Crippen LogP contribution in [0.4, 0.5) is 45.5 Å². The molecular weight excluding hydrogens is 1730 g/mol. The molecule has 3 aliphatic carbocycles.